The first kappa shape index (κ1) is 16.2. The normalized spacial score (nSPS) is 22.2. The number of nitrogens with zero attached hydrogens (tertiary/aromatic N) is 2. The minimum absolute atomic E-state index is 0.173. The van der Waals surface area contributed by atoms with Gasteiger partial charge in [-0.15, -0.1) is 0 Å². The highest BCUT2D eigenvalue weighted by Crippen LogP contribution is 2.31. The summed E-state index contributed by atoms with van der Waals surface area (Å²) >= 11 is 9.84. The molecule has 2 rings (SSSR count). The van der Waals surface area contributed by atoms with Gasteiger partial charge >= 0.3 is 0 Å². The second-order valence-corrected chi connectivity index (χ2v) is 6.96. The van der Waals surface area contributed by atoms with Crippen LogP contribution in [0.3, 0.4) is 0 Å². The molecule has 20 heavy (non-hydrogen) atoms. The van der Waals surface area contributed by atoms with Crippen molar-refractivity contribution in [2.75, 3.05) is 33.7 Å². The Balaban J connectivity index is 2.18. The van der Waals surface area contributed by atoms with E-state index in [-0.39, 0.29) is 6.04 Å². The van der Waals surface area contributed by atoms with Gasteiger partial charge in [-0.3, -0.25) is 4.90 Å². The van der Waals surface area contributed by atoms with Crippen molar-refractivity contribution in [1.29, 1.82) is 0 Å². The van der Waals surface area contributed by atoms with E-state index in [1.54, 1.807) is 0 Å². The van der Waals surface area contributed by atoms with Gasteiger partial charge in [-0.2, -0.15) is 0 Å². The molecule has 112 valence electrons. The second-order valence-electron chi connectivity index (χ2n) is 5.64. The molecule has 0 aromatic heterocycles. The Morgan fingerprint density at radius 1 is 1.55 bits per heavy atom. The smallest absolute Gasteiger partial charge is 0.0485 e. The van der Waals surface area contributed by atoms with Crippen LogP contribution in [-0.2, 0) is 0 Å². The lowest BCUT2D eigenvalue weighted by Gasteiger charge is -2.40. The molecule has 2 atom stereocenters. The molecule has 1 fully saturated rings. The Morgan fingerprint density at radius 2 is 2.30 bits per heavy atom. The van der Waals surface area contributed by atoms with E-state index in [2.05, 4.69) is 45.9 Å². The van der Waals surface area contributed by atoms with Gasteiger partial charge in [0.05, 0.1) is 0 Å². The summed E-state index contributed by atoms with van der Waals surface area (Å²) in [4.78, 5) is 4.78. The van der Waals surface area contributed by atoms with Crippen molar-refractivity contribution in [1.82, 2.24) is 9.80 Å². The average molecular weight is 361 g/mol. The summed E-state index contributed by atoms with van der Waals surface area (Å²) in [6.45, 7) is 2.87. The maximum absolute atomic E-state index is 6.39. The van der Waals surface area contributed by atoms with Gasteiger partial charge in [-0.05, 0) is 51.2 Å². The fourth-order valence-corrected chi connectivity index (χ4v) is 3.81. The van der Waals surface area contributed by atoms with Crippen LogP contribution in [0, 0.1) is 0 Å². The van der Waals surface area contributed by atoms with E-state index in [1.807, 2.05) is 12.1 Å². The molecule has 1 saturated heterocycles. The fourth-order valence-electron chi connectivity index (χ4n) is 3.01. The van der Waals surface area contributed by atoms with E-state index in [0.717, 1.165) is 21.6 Å². The van der Waals surface area contributed by atoms with Crippen molar-refractivity contribution in [3.63, 3.8) is 0 Å². The van der Waals surface area contributed by atoms with Crippen LogP contribution in [-0.4, -0.2) is 49.6 Å². The summed E-state index contributed by atoms with van der Waals surface area (Å²) in [6.07, 6.45) is 2.47. The molecule has 3 nitrogen and oxygen atoms in total. The Bertz CT molecular complexity index is 455. The number of rotatable bonds is 4. The molecule has 1 aliphatic heterocycles. The number of piperidine rings is 1. The first-order valence-corrected chi connectivity index (χ1v) is 8.25. The molecule has 0 amide bonds. The molecule has 2 N–H and O–H groups in total. The van der Waals surface area contributed by atoms with Crippen LogP contribution in [0.25, 0.3) is 0 Å². The molecule has 0 spiro atoms. The van der Waals surface area contributed by atoms with Crippen LogP contribution in [0.1, 0.15) is 24.4 Å². The summed E-state index contributed by atoms with van der Waals surface area (Å²) in [5, 5.41) is 0.783. The second kappa shape index (κ2) is 7.23. The van der Waals surface area contributed by atoms with E-state index in [4.69, 9.17) is 17.3 Å². The SMILES string of the molecule is CN1CCCC(N(C)C(CN)c2ccc(Br)cc2Cl)C1. The lowest BCUT2D eigenvalue weighted by molar-refractivity contribution is 0.101. The highest BCUT2D eigenvalue weighted by molar-refractivity contribution is 9.10. The molecule has 2 unspecified atom stereocenters. The zero-order valence-corrected chi connectivity index (χ0v) is 14.5. The van der Waals surface area contributed by atoms with Gasteiger partial charge in [0.15, 0.2) is 0 Å². The van der Waals surface area contributed by atoms with Crippen LogP contribution in [0.15, 0.2) is 22.7 Å². The van der Waals surface area contributed by atoms with E-state index in [9.17, 15) is 0 Å². The Kier molecular flexibility index (Phi) is 5.87. The van der Waals surface area contributed by atoms with Crippen molar-refractivity contribution in [3.05, 3.63) is 33.3 Å². The summed E-state index contributed by atoms with van der Waals surface area (Å²) in [5.41, 5.74) is 7.15. The topological polar surface area (TPSA) is 32.5 Å². The number of hydrogen-bond donors (Lipinski definition) is 1. The number of halogens is 2. The van der Waals surface area contributed by atoms with Crippen molar-refractivity contribution < 1.29 is 0 Å². The van der Waals surface area contributed by atoms with Crippen molar-refractivity contribution >= 4 is 27.5 Å². The van der Waals surface area contributed by atoms with Crippen LogP contribution in [0.4, 0.5) is 0 Å². The van der Waals surface area contributed by atoms with Crippen molar-refractivity contribution in [3.8, 4) is 0 Å². The molecule has 0 bridgehead atoms. The molecule has 5 heteroatoms. The molecule has 1 aromatic carbocycles. The molecule has 0 aliphatic carbocycles. The number of likely N-dealkylation sites (tertiary alicyclic amines) is 1. The molecule has 1 aromatic rings. The third-order valence-electron chi connectivity index (χ3n) is 4.21. The summed E-state index contributed by atoms with van der Waals surface area (Å²) in [7, 11) is 4.35. The molecule has 0 radical (unpaired) electrons. The molecular weight excluding hydrogens is 338 g/mol. The Hall–Kier alpha value is -0.130. The minimum atomic E-state index is 0.173. The van der Waals surface area contributed by atoms with Gasteiger partial charge in [-0.1, -0.05) is 33.6 Å². The van der Waals surface area contributed by atoms with Gasteiger partial charge in [-0.25, -0.2) is 0 Å². The maximum Gasteiger partial charge on any atom is 0.0485 e. The lowest BCUT2D eigenvalue weighted by atomic mass is 9.99. The zero-order valence-electron chi connectivity index (χ0n) is 12.1. The van der Waals surface area contributed by atoms with E-state index >= 15 is 0 Å². The predicted molar refractivity (Wildman–Crippen MR) is 89.2 cm³/mol. The van der Waals surface area contributed by atoms with Crippen LogP contribution in [0.2, 0.25) is 5.02 Å². The minimum Gasteiger partial charge on any atom is -0.329 e. The molecule has 0 saturated carbocycles. The van der Waals surface area contributed by atoms with Crippen molar-refractivity contribution in [2.45, 2.75) is 24.9 Å². The summed E-state index contributed by atoms with van der Waals surface area (Å²) in [6, 6.07) is 6.77. The largest absolute Gasteiger partial charge is 0.329 e. The van der Waals surface area contributed by atoms with Gasteiger partial charge < -0.3 is 10.6 Å². The maximum atomic E-state index is 6.39. The monoisotopic (exact) mass is 359 g/mol. The van der Waals surface area contributed by atoms with Crippen LogP contribution in [0.5, 0.6) is 0 Å². The number of likely N-dealkylation sites (N-methyl/N-ethyl adjacent to an activating group) is 2. The van der Waals surface area contributed by atoms with E-state index < -0.39 is 0 Å². The fraction of sp³-hybridized carbons (Fsp3) is 0.600. The third-order valence-corrected chi connectivity index (χ3v) is 5.03. The average Bonchev–Trinajstić information content (AvgIpc) is 2.41. The lowest BCUT2D eigenvalue weighted by Crippen LogP contribution is -2.47. The number of hydrogen-bond acceptors (Lipinski definition) is 3. The summed E-state index contributed by atoms with van der Waals surface area (Å²) in [5.74, 6) is 0. The van der Waals surface area contributed by atoms with Gasteiger partial charge in [0.25, 0.3) is 0 Å². The summed E-state index contributed by atoms with van der Waals surface area (Å²) < 4.78 is 1.00. The van der Waals surface area contributed by atoms with Gasteiger partial charge in [0.2, 0.25) is 0 Å². The van der Waals surface area contributed by atoms with E-state index in [1.165, 1.54) is 19.4 Å². The zero-order chi connectivity index (χ0) is 14.7. The van der Waals surface area contributed by atoms with Crippen molar-refractivity contribution in [2.24, 2.45) is 5.73 Å². The van der Waals surface area contributed by atoms with Gasteiger partial charge in [0.1, 0.15) is 0 Å². The number of benzene rings is 1. The first-order valence-electron chi connectivity index (χ1n) is 7.08. The highest BCUT2D eigenvalue weighted by atomic mass is 79.9. The van der Waals surface area contributed by atoms with Crippen LogP contribution < -0.4 is 5.73 Å². The standard InChI is InChI=1S/C15H23BrClN3/c1-19-7-3-4-12(10-19)20(2)15(9-18)13-6-5-11(16)8-14(13)17/h5-6,8,12,15H,3-4,7,9-10,18H2,1-2H3. The first-order chi connectivity index (χ1) is 9.52. The highest BCUT2D eigenvalue weighted by Gasteiger charge is 2.27. The molecule has 1 heterocycles. The predicted octanol–water partition coefficient (Wildman–Crippen LogP) is 3.13. The van der Waals surface area contributed by atoms with Crippen LogP contribution >= 0.6 is 27.5 Å². The quantitative estimate of drug-likeness (QED) is 0.895. The van der Waals surface area contributed by atoms with Gasteiger partial charge in [0, 0.05) is 34.7 Å². The number of nitrogens with two attached hydrogens (primary N) is 1. The third kappa shape index (κ3) is 3.74. The molecular formula is C15H23BrClN3. The Morgan fingerprint density at radius 3 is 2.90 bits per heavy atom. The Labute approximate surface area is 135 Å². The van der Waals surface area contributed by atoms with E-state index in [0.29, 0.717) is 12.6 Å². The molecule has 1 aliphatic rings.